The second-order valence-corrected chi connectivity index (χ2v) is 4.89. The molecule has 0 aliphatic carbocycles. The molecular weight excluding hydrogens is 237 g/mol. The number of benzene rings is 1. The third-order valence-electron chi connectivity index (χ3n) is 3.45. The van der Waals surface area contributed by atoms with Crippen LogP contribution in [0, 0.1) is 12.7 Å². The van der Waals surface area contributed by atoms with Gasteiger partial charge in [-0.1, -0.05) is 12.1 Å². The van der Waals surface area contributed by atoms with Crippen molar-refractivity contribution >= 4 is 5.97 Å². The number of hydrogen-bond donors (Lipinski definition) is 2. The Morgan fingerprint density at radius 3 is 2.72 bits per heavy atom. The third-order valence-corrected chi connectivity index (χ3v) is 3.45. The van der Waals surface area contributed by atoms with E-state index in [0.29, 0.717) is 25.2 Å². The van der Waals surface area contributed by atoms with Crippen molar-refractivity contribution in [2.45, 2.75) is 24.8 Å². The second-order valence-electron chi connectivity index (χ2n) is 4.89. The van der Waals surface area contributed by atoms with Crippen molar-refractivity contribution in [3.05, 3.63) is 35.1 Å². The first-order valence-corrected chi connectivity index (χ1v) is 5.77. The van der Waals surface area contributed by atoms with Gasteiger partial charge in [0.2, 0.25) is 0 Å². The van der Waals surface area contributed by atoms with E-state index in [1.165, 1.54) is 6.07 Å². The Kier molecular flexibility index (Phi) is 3.36. The van der Waals surface area contributed by atoms with E-state index in [9.17, 15) is 9.18 Å². The van der Waals surface area contributed by atoms with Gasteiger partial charge < -0.3 is 15.6 Å². The summed E-state index contributed by atoms with van der Waals surface area (Å²) in [6.07, 6.45) is 0.299. The van der Waals surface area contributed by atoms with Crippen molar-refractivity contribution in [1.29, 1.82) is 0 Å². The van der Waals surface area contributed by atoms with Gasteiger partial charge in [0.1, 0.15) is 11.9 Å². The van der Waals surface area contributed by atoms with Crippen LogP contribution in [0.2, 0.25) is 0 Å². The zero-order valence-corrected chi connectivity index (χ0v) is 10.1. The Balaban J connectivity index is 2.26. The molecule has 18 heavy (non-hydrogen) atoms. The normalized spacial score (nSPS) is 19.1. The molecule has 3 N–H and O–H groups in total. The molecule has 1 aromatic carbocycles. The number of rotatable bonds is 4. The van der Waals surface area contributed by atoms with Gasteiger partial charge in [-0.3, -0.25) is 4.79 Å². The Labute approximate surface area is 105 Å². The smallest absolute Gasteiger partial charge is 0.320 e. The van der Waals surface area contributed by atoms with Gasteiger partial charge >= 0.3 is 5.97 Å². The zero-order valence-electron chi connectivity index (χ0n) is 10.1. The van der Waals surface area contributed by atoms with Crippen LogP contribution in [0.15, 0.2) is 18.2 Å². The van der Waals surface area contributed by atoms with Crippen molar-refractivity contribution in [3.8, 4) is 0 Å². The van der Waals surface area contributed by atoms with Crippen LogP contribution in [-0.2, 0) is 14.9 Å². The highest BCUT2D eigenvalue weighted by molar-refractivity contribution is 5.73. The van der Waals surface area contributed by atoms with Crippen LogP contribution in [0.5, 0.6) is 0 Å². The molecule has 0 spiro atoms. The van der Waals surface area contributed by atoms with E-state index in [1.54, 1.807) is 19.1 Å². The molecule has 1 heterocycles. The Bertz CT molecular complexity index is 471. The van der Waals surface area contributed by atoms with E-state index >= 15 is 0 Å². The molecule has 0 bridgehead atoms. The average Bonchev–Trinajstić information content (AvgIpc) is 2.27. The summed E-state index contributed by atoms with van der Waals surface area (Å²) in [7, 11) is 0. The van der Waals surface area contributed by atoms with Crippen LogP contribution in [0.25, 0.3) is 0 Å². The van der Waals surface area contributed by atoms with Gasteiger partial charge in [0.05, 0.1) is 13.2 Å². The standard InChI is InChI=1S/C13H16FNO3/c1-8-4-9(2-3-10(8)14)13(6-18-7-13)5-11(15)12(16)17/h2-4,11H,5-7,15H2,1H3,(H,16,17). The minimum absolute atomic E-state index is 0.267. The highest BCUT2D eigenvalue weighted by Gasteiger charge is 2.42. The summed E-state index contributed by atoms with van der Waals surface area (Å²) in [5.74, 6) is -1.29. The number of carboxylic acid groups (broad SMARTS) is 1. The Morgan fingerprint density at radius 1 is 1.61 bits per heavy atom. The minimum Gasteiger partial charge on any atom is -0.480 e. The van der Waals surface area contributed by atoms with Gasteiger partial charge in [0.15, 0.2) is 0 Å². The second kappa shape index (κ2) is 4.66. The van der Waals surface area contributed by atoms with Crippen LogP contribution in [-0.4, -0.2) is 30.3 Å². The van der Waals surface area contributed by atoms with Gasteiger partial charge in [0.25, 0.3) is 0 Å². The molecule has 1 fully saturated rings. The van der Waals surface area contributed by atoms with E-state index in [2.05, 4.69) is 0 Å². The summed E-state index contributed by atoms with van der Waals surface area (Å²) >= 11 is 0. The van der Waals surface area contributed by atoms with Gasteiger partial charge in [-0.25, -0.2) is 4.39 Å². The number of aryl methyl sites for hydroxylation is 1. The molecule has 4 nitrogen and oxygen atoms in total. The molecule has 1 aromatic rings. The zero-order chi connectivity index (χ0) is 13.3. The topological polar surface area (TPSA) is 72.6 Å². The first-order chi connectivity index (χ1) is 8.44. The molecule has 1 aliphatic rings. The average molecular weight is 253 g/mol. The van der Waals surface area contributed by atoms with E-state index in [-0.39, 0.29) is 5.82 Å². The molecule has 98 valence electrons. The summed E-state index contributed by atoms with van der Waals surface area (Å²) in [4.78, 5) is 10.8. The van der Waals surface area contributed by atoms with Crippen LogP contribution in [0.4, 0.5) is 4.39 Å². The van der Waals surface area contributed by atoms with Gasteiger partial charge in [-0.2, -0.15) is 0 Å². The quantitative estimate of drug-likeness (QED) is 0.845. The predicted molar refractivity (Wildman–Crippen MR) is 63.9 cm³/mol. The molecule has 2 rings (SSSR count). The van der Waals surface area contributed by atoms with Gasteiger partial charge in [-0.05, 0) is 30.5 Å². The molecule has 5 heteroatoms. The lowest BCUT2D eigenvalue weighted by Gasteiger charge is -2.43. The Hall–Kier alpha value is -1.46. The first kappa shape index (κ1) is 13.0. The summed E-state index contributed by atoms with van der Waals surface area (Å²) < 4.78 is 18.5. The van der Waals surface area contributed by atoms with Crippen molar-refractivity contribution < 1.29 is 19.0 Å². The maximum Gasteiger partial charge on any atom is 0.320 e. The molecule has 0 aromatic heterocycles. The summed E-state index contributed by atoms with van der Waals surface area (Å²) in [6.45, 7) is 2.54. The van der Waals surface area contributed by atoms with E-state index in [4.69, 9.17) is 15.6 Å². The van der Waals surface area contributed by atoms with E-state index < -0.39 is 17.4 Å². The number of carbonyl (C=O) groups is 1. The number of carboxylic acids is 1. The summed E-state index contributed by atoms with van der Waals surface area (Å²) in [5, 5.41) is 8.88. The lowest BCUT2D eigenvalue weighted by molar-refractivity contribution is -0.141. The fourth-order valence-electron chi connectivity index (χ4n) is 2.23. The van der Waals surface area contributed by atoms with E-state index in [0.717, 1.165) is 5.56 Å². The number of halogens is 1. The van der Waals surface area contributed by atoms with Crippen molar-refractivity contribution in [3.63, 3.8) is 0 Å². The molecule has 0 saturated carbocycles. The van der Waals surface area contributed by atoms with Crippen LogP contribution in [0.3, 0.4) is 0 Å². The van der Waals surface area contributed by atoms with Gasteiger partial charge in [0, 0.05) is 5.41 Å². The maximum atomic E-state index is 13.2. The fraction of sp³-hybridized carbons (Fsp3) is 0.462. The SMILES string of the molecule is Cc1cc(C2(CC(N)C(=O)O)COC2)ccc1F. The van der Waals surface area contributed by atoms with Gasteiger partial charge in [-0.15, -0.1) is 0 Å². The maximum absolute atomic E-state index is 13.2. The molecule has 0 amide bonds. The molecule has 0 radical (unpaired) electrons. The highest BCUT2D eigenvalue weighted by atomic mass is 19.1. The monoisotopic (exact) mass is 253 g/mol. The lowest BCUT2D eigenvalue weighted by atomic mass is 9.73. The van der Waals surface area contributed by atoms with Crippen molar-refractivity contribution in [1.82, 2.24) is 0 Å². The predicted octanol–water partition coefficient (Wildman–Crippen LogP) is 1.20. The lowest BCUT2D eigenvalue weighted by Crippen LogP contribution is -2.51. The Morgan fingerprint density at radius 2 is 2.28 bits per heavy atom. The minimum atomic E-state index is -1.03. The van der Waals surface area contributed by atoms with Crippen LogP contribution in [0.1, 0.15) is 17.5 Å². The van der Waals surface area contributed by atoms with Crippen molar-refractivity contribution in [2.24, 2.45) is 5.73 Å². The molecule has 1 unspecified atom stereocenters. The largest absolute Gasteiger partial charge is 0.480 e. The molecule has 1 saturated heterocycles. The van der Waals surface area contributed by atoms with Crippen LogP contribution >= 0.6 is 0 Å². The summed E-state index contributed by atoms with van der Waals surface area (Å²) in [6, 6.07) is 3.89. The molecular formula is C13H16FNO3. The third kappa shape index (κ3) is 2.23. The fourth-order valence-corrected chi connectivity index (χ4v) is 2.23. The summed E-state index contributed by atoms with van der Waals surface area (Å²) in [5.41, 5.74) is 6.63. The highest BCUT2D eigenvalue weighted by Crippen LogP contribution is 2.37. The molecule has 1 aliphatic heterocycles. The number of ether oxygens (including phenoxy) is 1. The first-order valence-electron chi connectivity index (χ1n) is 5.77. The number of nitrogens with two attached hydrogens (primary N) is 1. The molecule has 1 atom stereocenters. The number of hydrogen-bond acceptors (Lipinski definition) is 3. The number of aliphatic carboxylic acids is 1. The van der Waals surface area contributed by atoms with Crippen LogP contribution < -0.4 is 5.73 Å². The van der Waals surface area contributed by atoms with Crippen molar-refractivity contribution in [2.75, 3.05) is 13.2 Å². The van der Waals surface area contributed by atoms with E-state index in [1.807, 2.05) is 0 Å².